The third-order valence-electron chi connectivity index (χ3n) is 6.71. The Kier molecular flexibility index (Phi) is 15.3. The monoisotopic (exact) mass is 484 g/mol. The maximum absolute atomic E-state index is 12.7. The van der Waals surface area contributed by atoms with E-state index in [1.54, 1.807) is 0 Å². The predicted octanol–water partition coefficient (Wildman–Crippen LogP) is 5.22. The van der Waals surface area contributed by atoms with E-state index in [1.807, 2.05) is 0 Å². The lowest BCUT2D eigenvalue weighted by Gasteiger charge is -2.35. The van der Waals surface area contributed by atoms with Crippen molar-refractivity contribution in [1.29, 1.82) is 0 Å². The quantitative estimate of drug-likeness (QED) is 0.200. The van der Waals surface area contributed by atoms with Crippen molar-refractivity contribution in [2.75, 3.05) is 13.2 Å². The maximum atomic E-state index is 12.7. The van der Waals surface area contributed by atoms with Gasteiger partial charge in [-0.1, -0.05) is 78.1 Å². The highest BCUT2D eigenvalue weighted by atomic mass is 16.5. The van der Waals surface area contributed by atoms with Gasteiger partial charge in [-0.3, -0.25) is 19.2 Å². The van der Waals surface area contributed by atoms with Crippen LogP contribution in [-0.2, 0) is 28.7 Å². The SMILES string of the molecule is CCCCCCCCOC(=O)C1CC(C(=O)OCCCCCCCC)C(C(=O)O)CC1C(=O)O. The van der Waals surface area contributed by atoms with Crippen molar-refractivity contribution in [3.63, 3.8) is 0 Å². The molecular formula is C26H44O8. The Morgan fingerprint density at radius 1 is 0.559 bits per heavy atom. The minimum atomic E-state index is -1.24. The molecule has 0 spiro atoms. The van der Waals surface area contributed by atoms with Crippen LogP contribution in [0.5, 0.6) is 0 Å². The van der Waals surface area contributed by atoms with Crippen molar-refractivity contribution in [3.05, 3.63) is 0 Å². The fourth-order valence-corrected chi connectivity index (χ4v) is 4.60. The summed E-state index contributed by atoms with van der Waals surface area (Å²) in [6.45, 7) is 4.67. The molecule has 34 heavy (non-hydrogen) atoms. The Morgan fingerprint density at radius 3 is 1.24 bits per heavy atom. The summed E-state index contributed by atoms with van der Waals surface area (Å²) in [5, 5.41) is 19.2. The van der Waals surface area contributed by atoms with E-state index < -0.39 is 47.5 Å². The van der Waals surface area contributed by atoms with Gasteiger partial charge in [-0.2, -0.15) is 0 Å². The van der Waals surface area contributed by atoms with Gasteiger partial charge in [0.15, 0.2) is 0 Å². The summed E-state index contributed by atoms with van der Waals surface area (Å²) in [7, 11) is 0. The van der Waals surface area contributed by atoms with Gasteiger partial charge in [0.1, 0.15) is 0 Å². The minimum absolute atomic E-state index is 0.182. The molecule has 0 bridgehead atoms. The third-order valence-corrected chi connectivity index (χ3v) is 6.71. The number of carbonyl (C=O) groups excluding carboxylic acids is 2. The van der Waals surface area contributed by atoms with Gasteiger partial charge in [-0.25, -0.2) is 0 Å². The van der Waals surface area contributed by atoms with Crippen molar-refractivity contribution >= 4 is 23.9 Å². The maximum Gasteiger partial charge on any atom is 0.309 e. The van der Waals surface area contributed by atoms with E-state index in [2.05, 4.69) is 13.8 Å². The number of hydrogen-bond donors (Lipinski definition) is 2. The van der Waals surface area contributed by atoms with E-state index in [0.29, 0.717) is 12.8 Å². The molecule has 0 saturated heterocycles. The van der Waals surface area contributed by atoms with Gasteiger partial charge in [0.2, 0.25) is 0 Å². The van der Waals surface area contributed by atoms with Crippen LogP contribution in [0.15, 0.2) is 0 Å². The van der Waals surface area contributed by atoms with Gasteiger partial charge in [0, 0.05) is 0 Å². The smallest absolute Gasteiger partial charge is 0.309 e. The van der Waals surface area contributed by atoms with E-state index >= 15 is 0 Å². The lowest BCUT2D eigenvalue weighted by atomic mass is 9.68. The Labute approximate surface area is 203 Å². The Balaban J connectivity index is 2.65. The first-order chi connectivity index (χ1) is 16.3. The van der Waals surface area contributed by atoms with Gasteiger partial charge >= 0.3 is 23.9 Å². The largest absolute Gasteiger partial charge is 0.481 e. The van der Waals surface area contributed by atoms with Crippen molar-refractivity contribution < 1.29 is 38.9 Å². The van der Waals surface area contributed by atoms with Crippen LogP contribution in [0.3, 0.4) is 0 Å². The molecule has 196 valence electrons. The van der Waals surface area contributed by atoms with Gasteiger partial charge in [0.25, 0.3) is 0 Å². The van der Waals surface area contributed by atoms with Crippen LogP contribution in [0.4, 0.5) is 0 Å². The highest BCUT2D eigenvalue weighted by molar-refractivity contribution is 5.86. The molecule has 4 atom stereocenters. The molecular weight excluding hydrogens is 440 g/mol. The number of unbranched alkanes of at least 4 members (excludes halogenated alkanes) is 10. The summed E-state index contributed by atoms with van der Waals surface area (Å²) in [5.41, 5.74) is 0. The van der Waals surface area contributed by atoms with Crippen LogP contribution in [0.25, 0.3) is 0 Å². The Bertz CT molecular complexity index is 580. The minimum Gasteiger partial charge on any atom is -0.481 e. The molecule has 1 saturated carbocycles. The zero-order valence-corrected chi connectivity index (χ0v) is 21.0. The number of esters is 2. The van der Waals surface area contributed by atoms with Crippen molar-refractivity contribution in [1.82, 2.24) is 0 Å². The van der Waals surface area contributed by atoms with Crippen LogP contribution in [0, 0.1) is 23.7 Å². The number of carboxylic acid groups (broad SMARTS) is 2. The molecule has 1 aliphatic carbocycles. The standard InChI is InChI=1S/C26H44O8/c1-3-5-7-9-11-13-15-33-25(31)21-18-22(20(24(29)30)17-19(21)23(27)28)26(32)34-16-14-12-10-8-6-4-2/h19-22H,3-18H2,1-2H3,(H,27,28)(H,29,30). The van der Waals surface area contributed by atoms with Crippen molar-refractivity contribution in [3.8, 4) is 0 Å². The lowest BCUT2D eigenvalue weighted by molar-refractivity contribution is -0.172. The number of carboxylic acids is 2. The number of aliphatic carboxylic acids is 2. The fraction of sp³-hybridized carbons (Fsp3) is 0.846. The molecule has 8 nitrogen and oxygen atoms in total. The molecule has 8 heteroatoms. The molecule has 0 aliphatic heterocycles. The molecule has 0 aromatic rings. The van der Waals surface area contributed by atoms with Gasteiger partial charge in [0.05, 0.1) is 36.9 Å². The summed E-state index contributed by atoms with van der Waals surface area (Å²) in [4.78, 5) is 49.0. The van der Waals surface area contributed by atoms with Crippen LogP contribution >= 0.6 is 0 Å². The van der Waals surface area contributed by atoms with Gasteiger partial charge in [-0.15, -0.1) is 0 Å². The van der Waals surface area contributed by atoms with E-state index in [-0.39, 0.29) is 26.1 Å². The molecule has 0 amide bonds. The predicted molar refractivity (Wildman–Crippen MR) is 127 cm³/mol. The molecule has 1 rings (SSSR count). The lowest BCUT2D eigenvalue weighted by Crippen LogP contribution is -2.45. The van der Waals surface area contributed by atoms with E-state index in [9.17, 15) is 29.4 Å². The molecule has 2 N–H and O–H groups in total. The first-order valence-corrected chi connectivity index (χ1v) is 13.1. The van der Waals surface area contributed by atoms with E-state index in [0.717, 1.165) is 51.4 Å². The summed E-state index contributed by atoms with van der Waals surface area (Å²) in [6.07, 6.45) is 11.8. The summed E-state index contributed by atoms with van der Waals surface area (Å²) in [5.74, 6) is -8.32. The number of carbonyl (C=O) groups is 4. The highest BCUT2D eigenvalue weighted by Gasteiger charge is 2.50. The molecule has 1 fully saturated rings. The summed E-state index contributed by atoms with van der Waals surface area (Å²) >= 11 is 0. The van der Waals surface area contributed by atoms with Crippen LogP contribution in [0.2, 0.25) is 0 Å². The first kappa shape index (κ1) is 29.9. The van der Waals surface area contributed by atoms with Gasteiger partial charge < -0.3 is 19.7 Å². The average Bonchev–Trinajstić information content (AvgIpc) is 2.81. The summed E-state index contributed by atoms with van der Waals surface area (Å²) in [6, 6.07) is 0. The number of rotatable bonds is 18. The second-order valence-electron chi connectivity index (χ2n) is 9.44. The zero-order chi connectivity index (χ0) is 25.3. The Hall–Kier alpha value is -2.12. The van der Waals surface area contributed by atoms with Crippen LogP contribution in [0.1, 0.15) is 104 Å². The summed E-state index contributed by atoms with van der Waals surface area (Å²) < 4.78 is 10.7. The highest BCUT2D eigenvalue weighted by Crippen LogP contribution is 2.40. The fourth-order valence-electron chi connectivity index (χ4n) is 4.60. The van der Waals surface area contributed by atoms with E-state index in [1.165, 1.54) is 12.8 Å². The van der Waals surface area contributed by atoms with Crippen molar-refractivity contribution in [2.24, 2.45) is 23.7 Å². The van der Waals surface area contributed by atoms with E-state index in [4.69, 9.17) is 9.47 Å². The average molecular weight is 485 g/mol. The van der Waals surface area contributed by atoms with Crippen LogP contribution < -0.4 is 0 Å². The molecule has 0 heterocycles. The van der Waals surface area contributed by atoms with Crippen LogP contribution in [-0.4, -0.2) is 47.3 Å². The Morgan fingerprint density at radius 2 is 0.882 bits per heavy atom. The second-order valence-corrected chi connectivity index (χ2v) is 9.44. The zero-order valence-electron chi connectivity index (χ0n) is 21.0. The normalized spacial score (nSPS) is 22.2. The van der Waals surface area contributed by atoms with Gasteiger partial charge in [-0.05, 0) is 25.7 Å². The molecule has 4 unspecified atom stereocenters. The number of hydrogen-bond acceptors (Lipinski definition) is 6. The number of ether oxygens (including phenoxy) is 2. The van der Waals surface area contributed by atoms with Crippen molar-refractivity contribution in [2.45, 2.75) is 104 Å². The molecule has 1 aliphatic rings. The molecule has 0 aromatic heterocycles. The second kappa shape index (κ2) is 17.3. The first-order valence-electron chi connectivity index (χ1n) is 13.1. The molecule has 0 aromatic carbocycles. The molecule has 0 radical (unpaired) electrons. The topological polar surface area (TPSA) is 127 Å². The third kappa shape index (κ3) is 10.9.